The molecule has 2 aromatic heterocycles. The second-order valence-electron chi connectivity index (χ2n) is 9.87. The molecule has 1 atom stereocenters. The zero-order valence-electron chi connectivity index (χ0n) is 23.1. The molecule has 5 N–H and O–H groups in total. The van der Waals surface area contributed by atoms with E-state index in [4.69, 9.17) is 14.7 Å². The Balaban J connectivity index is 1.30. The van der Waals surface area contributed by atoms with E-state index in [0.29, 0.717) is 24.6 Å². The van der Waals surface area contributed by atoms with Crippen LogP contribution >= 0.6 is 0 Å². The molecule has 11 heteroatoms. The van der Waals surface area contributed by atoms with Gasteiger partial charge in [0, 0.05) is 43.2 Å². The van der Waals surface area contributed by atoms with Gasteiger partial charge in [0.05, 0.1) is 31.9 Å². The number of anilines is 2. The molecule has 0 radical (unpaired) electrons. The second-order valence-corrected chi connectivity index (χ2v) is 9.87. The number of fused-ring (bicyclic) bond motifs is 1. The average Bonchev–Trinajstić information content (AvgIpc) is 3.41. The lowest BCUT2D eigenvalue weighted by atomic mass is 10.1. The molecule has 0 spiro atoms. The molecule has 1 unspecified atom stereocenters. The van der Waals surface area contributed by atoms with Crippen molar-refractivity contribution in [2.24, 2.45) is 0 Å². The van der Waals surface area contributed by atoms with Gasteiger partial charge < -0.3 is 31.3 Å². The number of nitrogens with one attached hydrogen (secondary N) is 5. The summed E-state index contributed by atoms with van der Waals surface area (Å²) < 4.78 is 7.30. The van der Waals surface area contributed by atoms with Gasteiger partial charge in [-0.25, -0.2) is 4.98 Å². The zero-order valence-corrected chi connectivity index (χ0v) is 23.1. The van der Waals surface area contributed by atoms with Gasteiger partial charge in [-0.1, -0.05) is 25.5 Å². The molecule has 38 heavy (non-hydrogen) atoms. The first-order valence-corrected chi connectivity index (χ1v) is 14.1. The highest BCUT2D eigenvalue weighted by Gasteiger charge is 2.16. The summed E-state index contributed by atoms with van der Waals surface area (Å²) in [6.45, 7) is 10.6. The van der Waals surface area contributed by atoms with Crippen molar-refractivity contribution in [3.8, 4) is 5.75 Å². The first-order valence-electron chi connectivity index (χ1n) is 14.1. The summed E-state index contributed by atoms with van der Waals surface area (Å²) in [5, 5.41) is 27.1. The van der Waals surface area contributed by atoms with Crippen LogP contribution in [-0.4, -0.2) is 76.9 Å². The third-order valence-corrected chi connectivity index (χ3v) is 6.98. The Morgan fingerprint density at radius 2 is 2.00 bits per heavy atom. The normalized spacial score (nSPS) is 15.0. The van der Waals surface area contributed by atoms with Crippen LogP contribution in [0, 0.1) is 0 Å². The van der Waals surface area contributed by atoms with Gasteiger partial charge in [-0.2, -0.15) is 4.98 Å². The maximum Gasteiger partial charge on any atom is 0.225 e. The molecule has 1 fully saturated rings. The van der Waals surface area contributed by atoms with Crippen molar-refractivity contribution in [1.29, 1.82) is 0 Å². The van der Waals surface area contributed by atoms with Gasteiger partial charge in [0.2, 0.25) is 5.95 Å². The number of hydrogen-bond donors (Lipinski definition) is 5. The SMILES string of the molecule is CCCC(CC)NCCNCCn1cc(CNc2nc(NC3CCNCC3)c3ccc(OC)cc3n2)nn1. The van der Waals surface area contributed by atoms with Crippen molar-refractivity contribution in [3.05, 3.63) is 30.1 Å². The minimum Gasteiger partial charge on any atom is -0.497 e. The highest BCUT2D eigenvalue weighted by atomic mass is 16.5. The molecule has 3 heterocycles. The largest absolute Gasteiger partial charge is 0.497 e. The first kappa shape index (κ1) is 28.0. The Hall–Kier alpha value is -3.02. The van der Waals surface area contributed by atoms with Crippen LogP contribution in [0.2, 0.25) is 0 Å². The summed E-state index contributed by atoms with van der Waals surface area (Å²) >= 11 is 0. The van der Waals surface area contributed by atoms with E-state index < -0.39 is 0 Å². The summed E-state index contributed by atoms with van der Waals surface area (Å²) in [6.07, 6.45) is 7.74. The lowest BCUT2D eigenvalue weighted by Gasteiger charge is -2.25. The minimum absolute atomic E-state index is 0.387. The van der Waals surface area contributed by atoms with E-state index in [0.717, 1.165) is 80.3 Å². The molecule has 1 aliphatic heterocycles. The number of hydrogen-bond acceptors (Lipinski definition) is 10. The van der Waals surface area contributed by atoms with E-state index in [1.165, 1.54) is 19.3 Å². The van der Waals surface area contributed by atoms with Gasteiger partial charge in [-0.3, -0.25) is 4.68 Å². The van der Waals surface area contributed by atoms with Gasteiger partial charge in [-0.15, -0.1) is 5.10 Å². The molecule has 0 bridgehead atoms. The molecule has 1 aliphatic rings. The molecule has 208 valence electrons. The minimum atomic E-state index is 0.387. The van der Waals surface area contributed by atoms with E-state index in [-0.39, 0.29) is 0 Å². The number of methoxy groups -OCH3 is 1. The van der Waals surface area contributed by atoms with Crippen LogP contribution in [-0.2, 0) is 13.1 Å². The highest BCUT2D eigenvalue weighted by Crippen LogP contribution is 2.27. The standard InChI is InChI=1S/C27H44N10O/c1-4-6-20(5-2)30-14-13-29-15-16-37-19-22(35-36-37)18-31-27-33-25-17-23(38-3)7-8-24(25)26(34-27)32-21-9-11-28-12-10-21/h7-8,17,19-21,28-30H,4-6,9-16,18H2,1-3H3,(H2,31,32,33,34). The number of rotatable bonds is 16. The molecule has 0 aliphatic carbocycles. The molecular formula is C27H44N10O. The van der Waals surface area contributed by atoms with Crippen LogP contribution in [0.3, 0.4) is 0 Å². The number of benzene rings is 1. The lowest BCUT2D eigenvalue weighted by molar-refractivity contribution is 0.415. The third-order valence-electron chi connectivity index (χ3n) is 6.98. The van der Waals surface area contributed by atoms with Crippen molar-refractivity contribution in [3.63, 3.8) is 0 Å². The third kappa shape index (κ3) is 8.24. The van der Waals surface area contributed by atoms with Crippen LogP contribution in [0.25, 0.3) is 10.9 Å². The Morgan fingerprint density at radius 3 is 2.79 bits per heavy atom. The van der Waals surface area contributed by atoms with Crippen molar-refractivity contribution in [2.45, 2.75) is 71.1 Å². The van der Waals surface area contributed by atoms with Gasteiger partial charge in [0.15, 0.2) is 0 Å². The first-order chi connectivity index (χ1) is 18.7. The van der Waals surface area contributed by atoms with Crippen LogP contribution in [0.15, 0.2) is 24.4 Å². The van der Waals surface area contributed by atoms with Gasteiger partial charge in [-0.05, 0) is 50.9 Å². The second kappa shape index (κ2) is 14.8. The number of nitrogens with zero attached hydrogens (tertiary/aromatic N) is 5. The number of piperidine rings is 1. The Morgan fingerprint density at radius 1 is 1.13 bits per heavy atom. The van der Waals surface area contributed by atoms with Gasteiger partial charge in [0.1, 0.15) is 17.3 Å². The topological polar surface area (TPSA) is 126 Å². The molecule has 11 nitrogen and oxygen atoms in total. The molecule has 0 amide bonds. The zero-order chi connectivity index (χ0) is 26.6. The fraction of sp³-hybridized carbons (Fsp3) is 0.630. The van der Waals surface area contributed by atoms with Crippen molar-refractivity contribution < 1.29 is 4.74 Å². The molecule has 3 aromatic rings. The Kier molecular flexibility index (Phi) is 10.9. The van der Waals surface area contributed by atoms with Crippen molar-refractivity contribution >= 4 is 22.7 Å². The summed E-state index contributed by atoms with van der Waals surface area (Å²) in [6, 6.07) is 6.92. The molecule has 1 saturated heterocycles. The quantitative estimate of drug-likeness (QED) is 0.179. The van der Waals surface area contributed by atoms with Crippen molar-refractivity contribution in [2.75, 3.05) is 50.5 Å². The summed E-state index contributed by atoms with van der Waals surface area (Å²) in [5.74, 6) is 2.17. The lowest BCUT2D eigenvalue weighted by Crippen LogP contribution is -2.35. The number of aromatic nitrogens is 5. The summed E-state index contributed by atoms with van der Waals surface area (Å²) in [7, 11) is 1.67. The van der Waals surface area contributed by atoms with Crippen LogP contribution < -0.4 is 31.3 Å². The van der Waals surface area contributed by atoms with E-state index in [1.807, 2.05) is 29.1 Å². The fourth-order valence-corrected chi connectivity index (χ4v) is 4.77. The Bertz CT molecular complexity index is 1110. The Labute approximate surface area is 225 Å². The van der Waals surface area contributed by atoms with E-state index in [2.05, 4.69) is 50.7 Å². The molecule has 0 saturated carbocycles. The van der Waals surface area contributed by atoms with E-state index in [1.54, 1.807) is 7.11 Å². The van der Waals surface area contributed by atoms with Crippen LogP contribution in [0.1, 0.15) is 51.6 Å². The van der Waals surface area contributed by atoms with E-state index >= 15 is 0 Å². The predicted molar refractivity (Wildman–Crippen MR) is 153 cm³/mol. The summed E-state index contributed by atoms with van der Waals surface area (Å²) in [4.78, 5) is 9.56. The molecule has 4 rings (SSSR count). The molecule has 1 aromatic carbocycles. The van der Waals surface area contributed by atoms with Gasteiger partial charge >= 0.3 is 0 Å². The van der Waals surface area contributed by atoms with Gasteiger partial charge in [0.25, 0.3) is 0 Å². The van der Waals surface area contributed by atoms with Crippen molar-refractivity contribution in [1.82, 2.24) is 40.9 Å². The smallest absolute Gasteiger partial charge is 0.225 e. The highest BCUT2D eigenvalue weighted by molar-refractivity contribution is 5.91. The average molecular weight is 525 g/mol. The number of ether oxygens (including phenoxy) is 1. The van der Waals surface area contributed by atoms with E-state index in [9.17, 15) is 0 Å². The molecular weight excluding hydrogens is 480 g/mol. The maximum absolute atomic E-state index is 5.42. The maximum atomic E-state index is 5.42. The summed E-state index contributed by atoms with van der Waals surface area (Å²) in [5.41, 5.74) is 1.68. The fourth-order valence-electron chi connectivity index (χ4n) is 4.77. The van der Waals surface area contributed by atoms with Crippen LogP contribution in [0.5, 0.6) is 5.75 Å². The predicted octanol–water partition coefficient (Wildman–Crippen LogP) is 2.76. The van der Waals surface area contributed by atoms with Crippen LogP contribution in [0.4, 0.5) is 11.8 Å². The monoisotopic (exact) mass is 524 g/mol.